The molecule has 0 fully saturated rings. The maximum atomic E-state index is 6.27. The first-order valence-corrected chi connectivity index (χ1v) is 8.66. The lowest BCUT2D eigenvalue weighted by atomic mass is 9.86. The second kappa shape index (κ2) is 7.36. The second-order valence-corrected chi connectivity index (χ2v) is 7.01. The second-order valence-electron chi connectivity index (χ2n) is 7.01. The van der Waals surface area contributed by atoms with E-state index in [0.717, 1.165) is 43.9 Å². The van der Waals surface area contributed by atoms with Gasteiger partial charge in [-0.2, -0.15) is 0 Å². The summed E-state index contributed by atoms with van der Waals surface area (Å²) >= 11 is 0. The van der Waals surface area contributed by atoms with Crippen molar-refractivity contribution < 1.29 is 9.47 Å². The Hall–Kier alpha value is -1.22. The van der Waals surface area contributed by atoms with E-state index in [0.29, 0.717) is 12.0 Å². The van der Waals surface area contributed by atoms with Gasteiger partial charge < -0.3 is 14.8 Å². The van der Waals surface area contributed by atoms with E-state index in [1.807, 2.05) is 6.07 Å². The van der Waals surface area contributed by atoms with Crippen LogP contribution in [0.2, 0.25) is 0 Å². The zero-order chi connectivity index (χ0) is 16.2. The molecule has 3 nitrogen and oxygen atoms in total. The molecule has 0 amide bonds. The summed E-state index contributed by atoms with van der Waals surface area (Å²) in [5.41, 5.74) is 1.15. The van der Waals surface area contributed by atoms with E-state index < -0.39 is 0 Å². The highest BCUT2D eigenvalue weighted by Gasteiger charge is 2.36. The van der Waals surface area contributed by atoms with Crippen LogP contribution in [0.1, 0.15) is 65.5 Å². The quantitative estimate of drug-likeness (QED) is 0.791. The van der Waals surface area contributed by atoms with Crippen molar-refractivity contribution in [3.05, 3.63) is 23.8 Å². The Kier molecular flexibility index (Phi) is 5.74. The van der Waals surface area contributed by atoms with Crippen LogP contribution in [0.25, 0.3) is 0 Å². The molecule has 1 aliphatic rings. The highest BCUT2D eigenvalue weighted by atomic mass is 16.5. The van der Waals surface area contributed by atoms with Crippen LogP contribution in [0.4, 0.5) is 0 Å². The molecule has 2 atom stereocenters. The highest BCUT2D eigenvalue weighted by molar-refractivity contribution is 5.44. The zero-order valence-electron chi connectivity index (χ0n) is 14.7. The summed E-state index contributed by atoms with van der Waals surface area (Å²) in [5.74, 6) is 2.58. The number of hydrogen-bond donors (Lipinski definition) is 1. The normalized spacial score (nSPS) is 24.0. The maximum absolute atomic E-state index is 6.27. The topological polar surface area (TPSA) is 30.5 Å². The predicted molar refractivity (Wildman–Crippen MR) is 91.8 cm³/mol. The summed E-state index contributed by atoms with van der Waals surface area (Å²) in [4.78, 5) is 0. The predicted octanol–water partition coefficient (Wildman–Crippen LogP) is 4.71. The molecule has 1 N–H and O–H groups in total. The zero-order valence-corrected chi connectivity index (χ0v) is 14.7. The lowest BCUT2D eigenvalue weighted by molar-refractivity contribution is 0.0436. The Morgan fingerprint density at radius 2 is 2.14 bits per heavy atom. The van der Waals surface area contributed by atoms with Crippen molar-refractivity contribution in [3.8, 4) is 11.5 Å². The van der Waals surface area contributed by atoms with E-state index in [4.69, 9.17) is 9.47 Å². The van der Waals surface area contributed by atoms with Crippen LogP contribution in [-0.2, 0) is 0 Å². The Labute approximate surface area is 135 Å². The van der Waals surface area contributed by atoms with E-state index in [1.54, 1.807) is 0 Å². The van der Waals surface area contributed by atoms with Crippen molar-refractivity contribution in [2.75, 3.05) is 13.2 Å². The van der Waals surface area contributed by atoms with Gasteiger partial charge in [0.15, 0.2) is 0 Å². The van der Waals surface area contributed by atoms with Crippen LogP contribution in [0.3, 0.4) is 0 Å². The van der Waals surface area contributed by atoms with E-state index in [-0.39, 0.29) is 5.60 Å². The molecule has 2 rings (SSSR count). The Morgan fingerprint density at radius 3 is 2.77 bits per heavy atom. The molecule has 0 saturated heterocycles. The molecule has 0 bridgehead atoms. The monoisotopic (exact) mass is 305 g/mol. The fourth-order valence-electron chi connectivity index (χ4n) is 2.83. The first-order valence-electron chi connectivity index (χ1n) is 8.66. The van der Waals surface area contributed by atoms with Gasteiger partial charge in [-0.1, -0.05) is 27.7 Å². The third kappa shape index (κ3) is 4.16. The lowest BCUT2D eigenvalue weighted by Crippen LogP contribution is -2.42. The van der Waals surface area contributed by atoms with Gasteiger partial charge in [-0.05, 0) is 50.4 Å². The molecule has 0 saturated carbocycles. The van der Waals surface area contributed by atoms with E-state index >= 15 is 0 Å². The molecule has 1 aromatic rings. The summed E-state index contributed by atoms with van der Waals surface area (Å²) in [6.07, 6.45) is 3.04. The molecule has 0 radical (unpaired) electrons. The molecule has 1 aliphatic heterocycles. The van der Waals surface area contributed by atoms with Gasteiger partial charge >= 0.3 is 0 Å². The molecule has 1 aromatic carbocycles. The molecular weight excluding hydrogens is 274 g/mol. The Bertz CT molecular complexity index is 486. The molecule has 124 valence electrons. The van der Waals surface area contributed by atoms with Gasteiger partial charge in [0.1, 0.15) is 17.1 Å². The van der Waals surface area contributed by atoms with Gasteiger partial charge in [0, 0.05) is 18.0 Å². The molecule has 0 spiro atoms. The molecule has 22 heavy (non-hydrogen) atoms. The van der Waals surface area contributed by atoms with Crippen molar-refractivity contribution in [2.45, 2.75) is 65.5 Å². The molecule has 2 unspecified atom stereocenters. The first-order chi connectivity index (χ1) is 10.5. The van der Waals surface area contributed by atoms with E-state index in [2.05, 4.69) is 52.1 Å². The number of ether oxygens (including phenoxy) is 2. The molecule has 3 heteroatoms. The average molecular weight is 305 g/mol. The van der Waals surface area contributed by atoms with Crippen molar-refractivity contribution in [2.24, 2.45) is 5.92 Å². The summed E-state index contributed by atoms with van der Waals surface area (Å²) in [5, 5.41) is 3.71. The van der Waals surface area contributed by atoms with E-state index in [9.17, 15) is 0 Å². The van der Waals surface area contributed by atoms with Gasteiger partial charge in [0.2, 0.25) is 0 Å². The summed E-state index contributed by atoms with van der Waals surface area (Å²) in [6.45, 7) is 12.8. The van der Waals surface area contributed by atoms with Crippen LogP contribution in [0.5, 0.6) is 11.5 Å². The van der Waals surface area contributed by atoms with Crippen molar-refractivity contribution in [1.29, 1.82) is 0 Å². The van der Waals surface area contributed by atoms with Crippen molar-refractivity contribution >= 4 is 0 Å². The average Bonchev–Trinajstić information content (AvgIpc) is 2.50. The highest BCUT2D eigenvalue weighted by Crippen LogP contribution is 2.42. The first kappa shape index (κ1) is 17.1. The van der Waals surface area contributed by atoms with Gasteiger partial charge in [0.25, 0.3) is 0 Å². The van der Waals surface area contributed by atoms with E-state index in [1.165, 1.54) is 5.56 Å². The van der Waals surface area contributed by atoms with Gasteiger partial charge in [-0.15, -0.1) is 0 Å². The minimum atomic E-state index is -0.0898. The molecule has 0 aromatic heterocycles. The Balaban J connectivity index is 2.25. The lowest BCUT2D eigenvalue weighted by Gasteiger charge is -2.40. The molecule has 1 heterocycles. The fourth-order valence-corrected chi connectivity index (χ4v) is 2.83. The van der Waals surface area contributed by atoms with Gasteiger partial charge in [-0.25, -0.2) is 0 Å². The van der Waals surface area contributed by atoms with Crippen molar-refractivity contribution in [3.63, 3.8) is 0 Å². The minimum absolute atomic E-state index is 0.0898. The van der Waals surface area contributed by atoms with Crippen molar-refractivity contribution in [1.82, 2.24) is 5.32 Å². The summed E-state index contributed by atoms with van der Waals surface area (Å²) in [6, 6.07) is 6.58. The number of rotatable bonds is 7. The number of fused-ring (bicyclic) bond motifs is 1. The van der Waals surface area contributed by atoms with Crippen LogP contribution >= 0.6 is 0 Å². The SMILES string of the molecule is CCCOc1ccc2c(c1)C(NCC(C)C)CC(C)(CC)O2. The van der Waals surface area contributed by atoms with Crippen LogP contribution in [0, 0.1) is 5.92 Å². The number of benzene rings is 1. The standard InChI is InChI=1S/C19H31NO2/c1-6-10-21-15-8-9-18-16(11-15)17(20-13-14(3)4)12-19(5,7-2)22-18/h8-9,11,14,17,20H,6-7,10,12-13H2,1-5H3. The number of nitrogens with one attached hydrogen (secondary N) is 1. The largest absolute Gasteiger partial charge is 0.494 e. The van der Waals surface area contributed by atoms with Gasteiger partial charge in [0.05, 0.1) is 6.61 Å². The van der Waals surface area contributed by atoms with Crippen LogP contribution in [0.15, 0.2) is 18.2 Å². The fraction of sp³-hybridized carbons (Fsp3) is 0.684. The van der Waals surface area contributed by atoms with Crippen LogP contribution in [-0.4, -0.2) is 18.8 Å². The summed E-state index contributed by atoms with van der Waals surface area (Å²) < 4.78 is 12.1. The van der Waals surface area contributed by atoms with Crippen LogP contribution < -0.4 is 14.8 Å². The minimum Gasteiger partial charge on any atom is -0.494 e. The molecular formula is C19H31NO2. The Morgan fingerprint density at radius 1 is 1.36 bits per heavy atom. The number of hydrogen-bond acceptors (Lipinski definition) is 3. The smallest absolute Gasteiger partial charge is 0.125 e. The van der Waals surface area contributed by atoms with Gasteiger partial charge in [-0.3, -0.25) is 0 Å². The molecule has 0 aliphatic carbocycles. The summed E-state index contributed by atoms with van der Waals surface area (Å²) in [7, 11) is 0. The third-order valence-corrected chi connectivity index (χ3v) is 4.34. The maximum Gasteiger partial charge on any atom is 0.125 e. The third-order valence-electron chi connectivity index (χ3n) is 4.34.